The number of non-ortho nitro benzene ring substituents is 1. The van der Waals surface area contributed by atoms with Gasteiger partial charge in [-0.1, -0.05) is 11.6 Å². The normalized spacial score (nSPS) is 17.8. The second-order valence-electron chi connectivity index (χ2n) is 4.72. The summed E-state index contributed by atoms with van der Waals surface area (Å²) in [5.41, 5.74) is 4.75. The lowest BCUT2D eigenvalue weighted by Gasteiger charge is -2.21. The number of amides is 1. The second-order valence-corrected chi connectivity index (χ2v) is 5.13. The third kappa shape index (κ3) is 2.89. The standard InChI is InChI=1S/C12H12ClN3O5/c13-9-4-7(16(20)21)3-8(12(18)19)10(9)15-2-1-6(5-15)11(14)17/h3-4,6H,1-2,5H2,(H2,14,17)(H,18,19). The summed E-state index contributed by atoms with van der Waals surface area (Å²) in [5.74, 6) is -2.18. The number of rotatable bonds is 4. The van der Waals surface area contributed by atoms with Gasteiger partial charge in [0.25, 0.3) is 5.69 Å². The molecule has 1 heterocycles. The van der Waals surface area contributed by atoms with Gasteiger partial charge in [0.2, 0.25) is 5.91 Å². The first-order valence-corrected chi connectivity index (χ1v) is 6.44. The maximum absolute atomic E-state index is 11.3. The van der Waals surface area contributed by atoms with Gasteiger partial charge in [-0.15, -0.1) is 0 Å². The molecular formula is C12H12ClN3O5. The summed E-state index contributed by atoms with van der Waals surface area (Å²) >= 11 is 6.00. The molecule has 1 unspecified atom stereocenters. The van der Waals surface area contributed by atoms with Crippen molar-refractivity contribution in [2.24, 2.45) is 11.7 Å². The number of nitro groups is 1. The van der Waals surface area contributed by atoms with Crippen molar-refractivity contribution in [2.45, 2.75) is 6.42 Å². The smallest absolute Gasteiger partial charge is 0.338 e. The van der Waals surface area contributed by atoms with E-state index in [0.717, 1.165) is 12.1 Å². The van der Waals surface area contributed by atoms with E-state index in [1.165, 1.54) is 0 Å². The van der Waals surface area contributed by atoms with Crippen LogP contribution in [0, 0.1) is 16.0 Å². The molecule has 1 fully saturated rings. The van der Waals surface area contributed by atoms with E-state index in [4.69, 9.17) is 17.3 Å². The Morgan fingerprint density at radius 3 is 2.62 bits per heavy atom. The summed E-state index contributed by atoms with van der Waals surface area (Å²) in [7, 11) is 0. The number of nitro benzene ring substituents is 1. The van der Waals surface area contributed by atoms with Crippen molar-refractivity contribution in [3.8, 4) is 0 Å². The molecule has 0 saturated carbocycles. The number of halogens is 1. The fraction of sp³-hybridized carbons (Fsp3) is 0.333. The third-order valence-corrected chi connectivity index (χ3v) is 3.68. The minimum absolute atomic E-state index is 0.0354. The highest BCUT2D eigenvalue weighted by Crippen LogP contribution is 2.36. The van der Waals surface area contributed by atoms with Crippen molar-refractivity contribution in [1.29, 1.82) is 0 Å². The summed E-state index contributed by atoms with van der Waals surface area (Å²) in [6.07, 6.45) is 0.488. The van der Waals surface area contributed by atoms with Gasteiger partial charge in [-0.2, -0.15) is 0 Å². The number of primary amides is 1. The maximum atomic E-state index is 11.3. The molecule has 3 N–H and O–H groups in total. The Morgan fingerprint density at radius 2 is 2.14 bits per heavy atom. The summed E-state index contributed by atoms with van der Waals surface area (Å²) < 4.78 is 0. The van der Waals surface area contributed by atoms with Gasteiger partial charge in [0, 0.05) is 25.2 Å². The van der Waals surface area contributed by atoms with Gasteiger partial charge in [-0.3, -0.25) is 14.9 Å². The third-order valence-electron chi connectivity index (χ3n) is 3.40. The molecule has 1 aliphatic rings. The number of nitrogens with two attached hydrogens (primary N) is 1. The number of carbonyl (C=O) groups is 2. The molecule has 0 aromatic heterocycles. The number of carboxylic acids is 1. The molecule has 21 heavy (non-hydrogen) atoms. The van der Waals surface area contributed by atoms with E-state index in [0.29, 0.717) is 13.0 Å². The average molecular weight is 314 g/mol. The zero-order chi connectivity index (χ0) is 15.7. The van der Waals surface area contributed by atoms with E-state index < -0.39 is 28.4 Å². The first kappa shape index (κ1) is 15.0. The Balaban J connectivity index is 2.46. The molecule has 1 saturated heterocycles. The number of hydrogen-bond acceptors (Lipinski definition) is 5. The molecule has 0 bridgehead atoms. The van der Waals surface area contributed by atoms with E-state index in [-0.39, 0.29) is 22.8 Å². The number of anilines is 1. The van der Waals surface area contributed by atoms with E-state index in [1.807, 2.05) is 0 Å². The van der Waals surface area contributed by atoms with Crippen LogP contribution in [0.1, 0.15) is 16.8 Å². The van der Waals surface area contributed by atoms with Gasteiger partial charge >= 0.3 is 5.97 Å². The van der Waals surface area contributed by atoms with E-state index in [1.54, 1.807) is 4.90 Å². The van der Waals surface area contributed by atoms with Crippen molar-refractivity contribution in [1.82, 2.24) is 0 Å². The summed E-state index contributed by atoms with van der Waals surface area (Å²) in [4.78, 5) is 34.2. The average Bonchev–Trinajstić information content (AvgIpc) is 2.86. The first-order valence-electron chi connectivity index (χ1n) is 6.06. The van der Waals surface area contributed by atoms with Crippen molar-refractivity contribution >= 4 is 34.9 Å². The van der Waals surface area contributed by atoms with Crippen LogP contribution in [0.25, 0.3) is 0 Å². The molecule has 112 valence electrons. The highest BCUT2D eigenvalue weighted by molar-refractivity contribution is 6.34. The van der Waals surface area contributed by atoms with Gasteiger partial charge < -0.3 is 15.7 Å². The molecule has 2 rings (SSSR count). The topological polar surface area (TPSA) is 127 Å². The van der Waals surface area contributed by atoms with Crippen LogP contribution in [0.4, 0.5) is 11.4 Å². The lowest BCUT2D eigenvalue weighted by atomic mass is 10.1. The van der Waals surface area contributed by atoms with Gasteiger partial charge in [0.05, 0.1) is 27.1 Å². The van der Waals surface area contributed by atoms with Crippen LogP contribution >= 0.6 is 11.6 Å². The largest absolute Gasteiger partial charge is 0.478 e. The first-order chi connectivity index (χ1) is 9.81. The summed E-state index contributed by atoms with van der Waals surface area (Å²) in [6, 6.07) is 2.06. The van der Waals surface area contributed by atoms with Gasteiger partial charge in [-0.05, 0) is 6.42 Å². The minimum atomic E-state index is -1.32. The molecular weight excluding hydrogens is 302 g/mol. The Morgan fingerprint density at radius 1 is 1.48 bits per heavy atom. The lowest BCUT2D eigenvalue weighted by molar-refractivity contribution is -0.384. The minimum Gasteiger partial charge on any atom is -0.478 e. The maximum Gasteiger partial charge on any atom is 0.338 e. The number of aromatic carboxylic acids is 1. The van der Waals surface area contributed by atoms with E-state index in [2.05, 4.69) is 0 Å². The summed E-state index contributed by atoms with van der Waals surface area (Å²) in [5, 5.41) is 20.0. The molecule has 9 heteroatoms. The second kappa shape index (κ2) is 5.57. The van der Waals surface area contributed by atoms with Crippen LogP contribution in [0.5, 0.6) is 0 Å². The quantitative estimate of drug-likeness (QED) is 0.636. The number of hydrogen-bond donors (Lipinski definition) is 2. The van der Waals surface area contributed by atoms with Crippen LogP contribution in [-0.4, -0.2) is 35.0 Å². The lowest BCUT2D eigenvalue weighted by Crippen LogP contribution is -2.28. The number of carboxylic acid groups (broad SMARTS) is 1. The van der Waals surface area contributed by atoms with Gasteiger partial charge in [0.15, 0.2) is 0 Å². The van der Waals surface area contributed by atoms with Crippen LogP contribution < -0.4 is 10.6 Å². The fourth-order valence-corrected chi connectivity index (χ4v) is 2.70. The van der Waals surface area contributed by atoms with Crippen molar-refractivity contribution in [3.63, 3.8) is 0 Å². The molecule has 0 aliphatic carbocycles. The molecule has 1 amide bonds. The van der Waals surface area contributed by atoms with Crippen molar-refractivity contribution in [3.05, 3.63) is 32.8 Å². The molecule has 0 spiro atoms. The van der Waals surface area contributed by atoms with Crippen LogP contribution in [0.3, 0.4) is 0 Å². The van der Waals surface area contributed by atoms with Crippen molar-refractivity contribution < 1.29 is 19.6 Å². The van der Waals surface area contributed by atoms with Crippen LogP contribution in [-0.2, 0) is 4.79 Å². The van der Waals surface area contributed by atoms with Crippen LogP contribution in [0.15, 0.2) is 12.1 Å². The predicted molar refractivity (Wildman–Crippen MR) is 74.6 cm³/mol. The van der Waals surface area contributed by atoms with Gasteiger partial charge in [-0.25, -0.2) is 4.79 Å². The molecule has 8 nitrogen and oxygen atoms in total. The molecule has 0 radical (unpaired) electrons. The Kier molecular flexibility index (Phi) is 3.99. The SMILES string of the molecule is NC(=O)C1CCN(c2c(Cl)cc([N+](=O)[O-])cc2C(=O)O)C1. The van der Waals surface area contributed by atoms with Crippen LogP contribution in [0.2, 0.25) is 5.02 Å². The number of nitrogens with zero attached hydrogens (tertiary/aromatic N) is 2. The molecule has 1 atom stereocenters. The zero-order valence-electron chi connectivity index (χ0n) is 10.8. The Bertz CT molecular complexity index is 634. The Hall–Kier alpha value is -2.35. The van der Waals surface area contributed by atoms with E-state index in [9.17, 15) is 24.8 Å². The predicted octanol–water partition coefficient (Wildman–Crippen LogP) is 1.26. The van der Waals surface area contributed by atoms with E-state index >= 15 is 0 Å². The zero-order valence-corrected chi connectivity index (χ0v) is 11.5. The molecule has 1 aromatic carbocycles. The van der Waals surface area contributed by atoms with Gasteiger partial charge in [0.1, 0.15) is 0 Å². The highest BCUT2D eigenvalue weighted by Gasteiger charge is 2.31. The summed E-state index contributed by atoms with van der Waals surface area (Å²) in [6.45, 7) is 0.651. The van der Waals surface area contributed by atoms with Crippen molar-refractivity contribution in [2.75, 3.05) is 18.0 Å². The number of carbonyl (C=O) groups excluding carboxylic acids is 1. The Labute approximate surface area is 124 Å². The molecule has 1 aromatic rings. The highest BCUT2D eigenvalue weighted by atomic mass is 35.5. The molecule has 1 aliphatic heterocycles. The number of benzene rings is 1. The fourth-order valence-electron chi connectivity index (χ4n) is 2.37. The monoisotopic (exact) mass is 313 g/mol.